The molecule has 6 heteroatoms. The summed E-state index contributed by atoms with van der Waals surface area (Å²) in [7, 11) is 1.58. The van der Waals surface area contributed by atoms with E-state index in [0.29, 0.717) is 11.3 Å². The summed E-state index contributed by atoms with van der Waals surface area (Å²) in [6.07, 6.45) is 0.0806. The van der Waals surface area contributed by atoms with E-state index >= 15 is 0 Å². The minimum Gasteiger partial charge on any atom is -0.497 e. The maximum Gasteiger partial charge on any atom is 0.290 e. The lowest BCUT2D eigenvalue weighted by molar-refractivity contribution is 0.0817. The number of amides is 1. The van der Waals surface area contributed by atoms with E-state index < -0.39 is 18.1 Å². The standard InChI is InChI=1S/C18H24N2O4/c1-5-11(2)15-10-16(24-20-15)18(22)19-12(3)17(21)13-6-8-14(23-4)9-7-13/h6-12,17,21H,5H2,1-4H3,(H,19,22). The summed E-state index contributed by atoms with van der Waals surface area (Å²) in [5.41, 5.74) is 1.45. The zero-order valence-corrected chi connectivity index (χ0v) is 14.4. The Morgan fingerprint density at radius 3 is 2.58 bits per heavy atom. The van der Waals surface area contributed by atoms with Crippen LogP contribution in [0.5, 0.6) is 5.75 Å². The number of carbonyl (C=O) groups excluding carboxylic acids is 1. The summed E-state index contributed by atoms with van der Waals surface area (Å²) >= 11 is 0. The van der Waals surface area contributed by atoms with E-state index in [9.17, 15) is 9.90 Å². The number of rotatable bonds is 7. The first kappa shape index (κ1) is 18.0. The van der Waals surface area contributed by atoms with Gasteiger partial charge < -0.3 is 19.7 Å². The maximum atomic E-state index is 12.2. The Kier molecular flexibility index (Phi) is 5.98. The van der Waals surface area contributed by atoms with Gasteiger partial charge in [-0.3, -0.25) is 4.79 Å². The molecule has 0 aliphatic rings. The number of hydrogen-bond donors (Lipinski definition) is 2. The lowest BCUT2D eigenvalue weighted by Crippen LogP contribution is -2.36. The van der Waals surface area contributed by atoms with E-state index in [-0.39, 0.29) is 11.7 Å². The van der Waals surface area contributed by atoms with Gasteiger partial charge in [-0.15, -0.1) is 0 Å². The number of aliphatic hydroxyl groups is 1. The van der Waals surface area contributed by atoms with Gasteiger partial charge in [-0.2, -0.15) is 0 Å². The Bertz CT molecular complexity index is 666. The zero-order chi connectivity index (χ0) is 17.7. The second-order valence-corrected chi connectivity index (χ2v) is 5.91. The fraction of sp³-hybridized carbons (Fsp3) is 0.444. The quantitative estimate of drug-likeness (QED) is 0.814. The third-order valence-corrected chi connectivity index (χ3v) is 4.16. The molecule has 1 aromatic heterocycles. The van der Waals surface area contributed by atoms with Crippen LogP contribution in [0.1, 0.15) is 61.0 Å². The van der Waals surface area contributed by atoms with Crippen molar-refractivity contribution in [1.29, 1.82) is 0 Å². The number of ether oxygens (including phenoxy) is 1. The second kappa shape index (κ2) is 7.97. The number of hydrogen-bond acceptors (Lipinski definition) is 5. The number of carbonyl (C=O) groups is 1. The minimum atomic E-state index is -0.836. The Labute approximate surface area is 141 Å². The van der Waals surface area contributed by atoms with Crippen LogP contribution < -0.4 is 10.1 Å². The average molecular weight is 332 g/mol. The molecule has 0 aliphatic carbocycles. The zero-order valence-electron chi connectivity index (χ0n) is 14.4. The topological polar surface area (TPSA) is 84.6 Å². The lowest BCUT2D eigenvalue weighted by Gasteiger charge is -2.20. The molecular weight excluding hydrogens is 308 g/mol. The molecule has 0 fully saturated rings. The van der Waals surface area contributed by atoms with Crippen LogP contribution in [0.2, 0.25) is 0 Å². The predicted octanol–water partition coefficient (Wildman–Crippen LogP) is 3.05. The van der Waals surface area contributed by atoms with Crippen LogP contribution in [-0.2, 0) is 0 Å². The SMILES string of the molecule is CCC(C)c1cc(C(=O)NC(C)C(O)c2ccc(OC)cc2)on1. The number of methoxy groups -OCH3 is 1. The predicted molar refractivity (Wildman–Crippen MR) is 90.1 cm³/mol. The molecule has 130 valence electrons. The molecule has 1 heterocycles. The molecule has 0 bridgehead atoms. The second-order valence-electron chi connectivity index (χ2n) is 5.91. The molecule has 2 N–H and O–H groups in total. The van der Waals surface area contributed by atoms with Crippen molar-refractivity contribution in [3.63, 3.8) is 0 Å². The molecule has 0 saturated carbocycles. The van der Waals surface area contributed by atoms with Gasteiger partial charge in [-0.25, -0.2) is 0 Å². The average Bonchev–Trinajstić information content (AvgIpc) is 3.10. The normalized spacial score (nSPS) is 14.7. The molecule has 0 aliphatic heterocycles. The molecule has 0 spiro atoms. The molecular formula is C18H24N2O4. The lowest BCUT2D eigenvalue weighted by atomic mass is 10.0. The molecule has 0 radical (unpaired) electrons. The Morgan fingerprint density at radius 2 is 2.00 bits per heavy atom. The summed E-state index contributed by atoms with van der Waals surface area (Å²) in [6.45, 7) is 5.81. The van der Waals surface area contributed by atoms with Crippen molar-refractivity contribution < 1.29 is 19.2 Å². The van der Waals surface area contributed by atoms with Gasteiger partial charge in [0.1, 0.15) is 5.75 Å². The van der Waals surface area contributed by atoms with Crippen molar-refractivity contribution in [2.75, 3.05) is 7.11 Å². The van der Waals surface area contributed by atoms with Crippen LogP contribution in [0.25, 0.3) is 0 Å². The molecule has 1 aromatic carbocycles. The third-order valence-electron chi connectivity index (χ3n) is 4.16. The van der Waals surface area contributed by atoms with E-state index in [1.54, 1.807) is 44.4 Å². The summed E-state index contributed by atoms with van der Waals surface area (Å²) < 4.78 is 10.2. The van der Waals surface area contributed by atoms with Crippen molar-refractivity contribution in [1.82, 2.24) is 10.5 Å². The number of aliphatic hydroxyl groups excluding tert-OH is 1. The van der Waals surface area contributed by atoms with Crippen molar-refractivity contribution >= 4 is 5.91 Å². The third kappa shape index (κ3) is 4.14. The first-order valence-electron chi connectivity index (χ1n) is 8.05. The number of nitrogens with one attached hydrogen (secondary N) is 1. The van der Waals surface area contributed by atoms with Crippen molar-refractivity contribution in [3.8, 4) is 5.75 Å². The molecule has 1 amide bonds. The highest BCUT2D eigenvalue weighted by Crippen LogP contribution is 2.21. The Hall–Kier alpha value is -2.34. The summed E-state index contributed by atoms with van der Waals surface area (Å²) in [5, 5.41) is 17.0. The Morgan fingerprint density at radius 1 is 1.33 bits per heavy atom. The van der Waals surface area contributed by atoms with Crippen molar-refractivity contribution in [3.05, 3.63) is 47.3 Å². The highest BCUT2D eigenvalue weighted by Gasteiger charge is 2.22. The first-order valence-corrected chi connectivity index (χ1v) is 8.05. The molecule has 3 atom stereocenters. The fourth-order valence-corrected chi connectivity index (χ4v) is 2.28. The van der Waals surface area contributed by atoms with E-state index in [0.717, 1.165) is 12.1 Å². The van der Waals surface area contributed by atoms with Crippen LogP contribution in [-0.4, -0.2) is 29.3 Å². The van der Waals surface area contributed by atoms with Gasteiger partial charge in [0, 0.05) is 12.0 Å². The van der Waals surface area contributed by atoms with Crippen LogP contribution >= 0.6 is 0 Å². The van der Waals surface area contributed by atoms with Gasteiger partial charge in [0.05, 0.1) is 24.9 Å². The summed E-state index contributed by atoms with van der Waals surface area (Å²) in [5.74, 6) is 0.704. The van der Waals surface area contributed by atoms with Crippen LogP contribution in [0.4, 0.5) is 0 Å². The van der Waals surface area contributed by atoms with Gasteiger partial charge >= 0.3 is 0 Å². The minimum absolute atomic E-state index is 0.152. The van der Waals surface area contributed by atoms with Crippen molar-refractivity contribution in [2.45, 2.75) is 45.3 Å². The van der Waals surface area contributed by atoms with E-state index in [4.69, 9.17) is 9.26 Å². The molecule has 2 aromatic rings. The van der Waals surface area contributed by atoms with E-state index in [1.165, 1.54) is 0 Å². The van der Waals surface area contributed by atoms with Crippen LogP contribution in [0, 0.1) is 0 Å². The number of nitrogens with zero attached hydrogens (tertiary/aromatic N) is 1. The molecule has 3 unspecified atom stereocenters. The van der Waals surface area contributed by atoms with Gasteiger partial charge in [0.15, 0.2) is 0 Å². The Balaban J connectivity index is 2.00. The fourth-order valence-electron chi connectivity index (χ4n) is 2.28. The smallest absolute Gasteiger partial charge is 0.290 e. The monoisotopic (exact) mass is 332 g/mol. The van der Waals surface area contributed by atoms with Crippen LogP contribution in [0.15, 0.2) is 34.9 Å². The maximum absolute atomic E-state index is 12.2. The summed E-state index contributed by atoms with van der Waals surface area (Å²) in [4.78, 5) is 12.2. The molecule has 24 heavy (non-hydrogen) atoms. The molecule has 0 saturated heterocycles. The molecule has 2 rings (SSSR count). The van der Waals surface area contributed by atoms with E-state index in [2.05, 4.69) is 10.5 Å². The number of aromatic nitrogens is 1. The van der Waals surface area contributed by atoms with Crippen LogP contribution in [0.3, 0.4) is 0 Å². The number of benzene rings is 1. The highest BCUT2D eigenvalue weighted by atomic mass is 16.5. The largest absolute Gasteiger partial charge is 0.497 e. The van der Waals surface area contributed by atoms with E-state index in [1.807, 2.05) is 13.8 Å². The summed E-state index contributed by atoms with van der Waals surface area (Å²) in [6, 6.07) is 8.23. The van der Waals surface area contributed by atoms with Gasteiger partial charge in [0.2, 0.25) is 5.76 Å². The van der Waals surface area contributed by atoms with Crippen molar-refractivity contribution in [2.24, 2.45) is 0 Å². The molecule has 6 nitrogen and oxygen atoms in total. The highest BCUT2D eigenvalue weighted by molar-refractivity contribution is 5.91. The first-order chi connectivity index (χ1) is 11.5. The van der Waals surface area contributed by atoms with Gasteiger partial charge in [0.25, 0.3) is 5.91 Å². The van der Waals surface area contributed by atoms with Gasteiger partial charge in [-0.1, -0.05) is 31.1 Å². The van der Waals surface area contributed by atoms with Gasteiger partial charge in [-0.05, 0) is 31.0 Å².